The summed E-state index contributed by atoms with van der Waals surface area (Å²) in [6.45, 7) is 3.08. The molecule has 21 heavy (non-hydrogen) atoms. The molecule has 3 heteroatoms. The first kappa shape index (κ1) is 13.9. The zero-order valence-electron chi connectivity index (χ0n) is 12.5. The predicted octanol–water partition coefficient (Wildman–Crippen LogP) is 4.45. The number of hydrogen-bond donors (Lipinski definition) is 0. The van der Waals surface area contributed by atoms with Crippen LogP contribution in [0.5, 0.6) is 5.88 Å². The highest BCUT2D eigenvalue weighted by Crippen LogP contribution is 2.30. The average molecular weight is 282 g/mol. The molecule has 0 spiro atoms. The standard InChI is InChI=1S/C18H22N2O/c1-2-13-20-14-17(15-9-5-3-6-10-15)18(19-20)21-16-11-7-4-8-12-16/h3,5-7,9-11,14,16H,2,4,8,12-13H2,1H3. The number of aryl methyl sites for hydroxylation is 1. The van der Waals surface area contributed by atoms with Gasteiger partial charge in [0.1, 0.15) is 6.10 Å². The molecular formula is C18H22N2O. The lowest BCUT2D eigenvalue weighted by atomic mass is 10.1. The number of allylic oxidation sites excluding steroid dienone is 1. The molecule has 1 aromatic heterocycles. The van der Waals surface area contributed by atoms with Gasteiger partial charge in [0.15, 0.2) is 0 Å². The molecule has 0 saturated heterocycles. The Labute approximate surface area is 126 Å². The number of benzene rings is 1. The summed E-state index contributed by atoms with van der Waals surface area (Å²) in [6, 6.07) is 10.4. The Balaban J connectivity index is 1.89. The van der Waals surface area contributed by atoms with Gasteiger partial charge in [0.05, 0.1) is 5.56 Å². The molecule has 0 N–H and O–H groups in total. The maximum atomic E-state index is 6.15. The Morgan fingerprint density at radius 1 is 1.29 bits per heavy atom. The van der Waals surface area contributed by atoms with Crippen LogP contribution in [0.3, 0.4) is 0 Å². The van der Waals surface area contributed by atoms with Crippen molar-refractivity contribution in [2.45, 2.75) is 45.3 Å². The highest BCUT2D eigenvalue weighted by Gasteiger charge is 2.17. The van der Waals surface area contributed by atoms with Crippen LogP contribution in [0, 0.1) is 0 Å². The minimum atomic E-state index is 0.159. The molecular weight excluding hydrogens is 260 g/mol. The fourth-order valence-electron chi connectivity index (χ4n) is 2.67. The normalized spacial score (nSPS) is 17.9. The highest BCUT2D eigenvalue weighted by atomic mass is 16.5. The number of rotatable bonds is 5. The monoisotopic (exact) mass is 282 g/mol. The molecule has 0 aliphatic heterocycles. The van der Waals surface area contributed by atoms with E-state index in [2.05, 4.69) is 54.6 Å². The quantitative estimate of drug-likeness (QED) is 0.758. The molecule has 110 valence electrons. The Hall–Kier alpha value is -2.03. The van der Waals surface area contributed by atoms with Gasteiger partial charge in [-0.25, -0.2) is 0 Å². The van der Waals surface area contributed by atoms with Gasteiger partial charge in [-0.2, -0.15) is 0 Å². The molecule has 1 atom stereocenters. The highest BCUT2D eigenvalue weighted by molar-refractivity contribution is 5.67. The molecule has 0 bridgehead atoms. The molecule has 1 unspecified atom stereocenters. The molecule has 3 nitrogen and oxygen atoms in total. The zero-order valence-corrected chi connectivity index (χ0v) is 12.5. The van der Waals surface area contributed by atoms with Crippen molar-refractivity contribution in [3.05, 3.63) is 48.7 Å². The van der Waals surface area contributed by atoms with Crippen molar-refractivity contribution >= 4 is 0 Å². The van der Waals surface area contributed by atoms with Gasteiger partial charge in [0, 0.05) is 12.7 Å². The summed E-state index contributed by atoms with van der Waals surface area (Å²) in [7, 11) is 0. The lowest BCUT2D eigenvalue weighted by Crippen LogP contribution is -2.16. The van der Waals surface area contributed by atoms with Gasteiger partial charge in [-0.1, -0.05) is 43.3 Å². The fourth-order valence-corrected chi connectivity index (χ4v) is 2.67. The third-order valence-electron chi connectivity index (χ3n) is 3.74. The maximum Gasteiger partial charge on any atom is 0.241 e. The Bertz CT molecular complexity index is 601. The van der Waals surface area contributed by atoms with Crippen LogP contribution in [-0.4, -0.2) is 15.9 Å². The predicted molar refractivity (Wildman–Crippen MR) is 85.4 cm³/mol. The first-order valence-electron chi connectivity index (χ1n) is 7.83. The zero-order chi connectivity index (χ0) is 14.5. The first-order valence-corrected chi connectivity index (χ1v) is 7.83. The molecule has 3 rings (SSSR count). The van der Waals surface area contributed by atoms with E-state index in [9.17, 15) is 0 Å². The Morgan fingerprint density at radius 3 is 2.86 bits per heavy atom. The topological polar surface area (TPSA) is 27.1 Å². The molecule has 0 radical (unpaired) electrons. The summed E-state index contributed by atoms with van der Waals surface area (Å²) >= 11 is 0. The SMILES string of the molecule is CCCn1cc(-c2ccccc2)c(OC2C=CCCC2)n1. The summed E-state index contributed by atoms with van der Waals surface area (Å²) in [4.78, 5) is 0. The van der Waals surface area contributed by atoms with Gasteiger partial charge in [-0.05, 0) is 37.3 Å². The molecule has 1 aromatic carbocycles. The van der Waals surface area contributed by atoms with Crippen molar-refractivity contribution in [2.75, 3.05) is 0 Å². The summed E-state index contributed by atoms with van der Waals surface area (Å²) < 4.78 is 8.14. The largest absolute Gasteiger partial charge is 0.469 e. The van der Waals surface area contributed by atoms with Crippen LogP contribution in [0.15, 0.2) is 48.7 Å². The van der Waals surface area contributed by atoms with E-state index in [-0.39, 0.29) is 6.10 Å². The molecule has 1 heterocycles. The van der Waals surface area contributed by atoms with E-state index >= 15 is 0 Å². The van der Waals surface area contributed by atoms with Gasteiger partial charge >= 0.3 is 0 Å². The number of aromatic nitrogens is 2. The van der Waals surface area contributed by atoms with Crippen molar-refractivity contribution in [2.24, 2.45) is 0 Å². The van der Waals surface area contributed by atoms with Crippen LogP contribution in [0.4, 0.5) is 0 Å². The third-order valence-corrected chi connectivity index (χ3v) is 3.74. The van der Waals surface area contributed by atoms with Crippen molar-refractivity contribution < 1.29 is 4.74 Å². The van der Waals surface area contributed by atoms with E-state index in [1.54, 1.807) is 0 Å². The summed E-state index contributed by atoms with van der Waals surface area (Å²) in [6.07, 6.45) is 11.1. The van der Waals surface area contributed by atoms with Crippen LogP contribution in [0.1, 0.15) is 32.6 Å². The number of nitrogens with zero attached hydrogens (tertiary/aromatic N) is 2. The molecule has 2 aromatic rings. The Morgan fingerprint density at radius 2 is 2.14 bits per heavy atom. The van der Waals surface area contributed by atoms with Crippen LogP contribution in [0.25, 0.3) is 11.1 Å². The average Bonchev–Trinajstić information content (AvgIpc) is 2.92. The van der Waals surface area contributed by atoms with Gasteiger partial charge in [0.2, 0.25) is 5.88 Å². The smallest absolute Gasteiger partial charge is 0.241 e. The van der Waals surface area contributed by atoms with Crippen molar-refractivity contribution in [3.8, 4) is 17.0 Å². The van der Waals surface area contributed by atoms with E-state index in [1.165, 1.54) is 6.42 Å². The maximum absolute atomic E-state index is 6.15. The molecule has 0 fully saturated rings. The first-order chi connectivity index (χ1) is 10.4. The van der Waals surface area contributed by atoms with E-state index in [4.69, 9.17) is 4.74 Å². The second-order valence-electron chi connectivity index (χ2n) is 5.49. The minimum absolute atomic E-state index is 0.159. The van der Waals surface area contributed by atoms with Gasteiger partial charge < -0.3 is 4.74 Å². The van der Waals surface area contributed by atoms with Crippen LogP contribution in [-0.2, 0) is 6.54 Å². The van der Waals surface area contributed by atoms with E-state index < -0.39 is 0 Å². The number of ether oxygens (including phenoxy) is 1. The Kier molecular flexibility index (Phi) is 4.39. The van der Waals surface area contributed by atoms with E-state index in [0.29, 0.717) is 0 Å². The van der Waals surface area contributed by atoms with Gasteiger partial charge in [-0.15, -0.1) is 5.10 Å². The van der Waals surface area contributed by atoms with Crippen LogP contribution < -0.4 is 4.74 Å². The van der Waals surface area contributed by atoms with Crippen LogP contribution >= 0.6 is 0 Å². The second-order valence-corrected chi connectivity index (χ2v) is 5.49. The second kappa shape index (κ2) is 6.61. The minimum Gasteiger partial charge on any atom is -0.469 e. The summed E-state index contributed by atoms with van der Waals surface area (Å²) in [5.41, 5.74) is 2.25. The summed E-state index contributed by atoms with van der Waals surface area (Å²) in [5.74, 6) is 0.756. The lowest BCUT2D eigenvalue weighted by Gasteiger charge is -2.17. The van der Waals surface area contributed by atoms with Crippen molar-refractivity contribution in [1.29, 1.82) is 0 Å². The fraction of sp³-hybridized carbons (Fsp3) is 0.389. The van der Waals surface area contributed by atoms with E-state index in [0.717, 1.165) is 42.8 Å². The van der Waals surface area contributed by atoms with Gasteiger partial charge in [0.25, 0.3) is 0 Å². The van der Waals surface area contributed by atoms with Crippen molar-refractivity contribution in [1.82, 2.24) is 9.78 Å². The molecule has 0 amide bonds. The number of hydrogen-bond acceptors (Lipinski definition) is 2. The third kappa shape index (κ3) is 3.35. The van der Waals surface area contributed by atoms with E-state index in [1.807, 2.05) is 10.7 Å². The molecule has 0 saturated carbocycles. The van der Waals surface area contributed by atoms with Crippen LogP contribution in [0.2, 0.25) is 0 Å². The molecule has 1 aliphatic rings. The van der Waals surface area contributed by atoms with Crippen molar-refractivity contribution in [3.63, 3.8) is 0 Å². The van der Waals surface area contributed by atoms with Gasteiger partial charge in [-0.3, -0.25) is 4.68 Å². The summed E-state index contributed by atoms with van der Waals surface area (Å²) in [5, 5.41) is 4.63. The molecule has 1 aliphatic carbocycles. The lowest BCUT2D eigenvalue weighted by molar-refractivity contribution is 0.219.